The molecule has 270 valence electrons. The Hall–Kier alpha value is -4.28. The van der Waals surface area contributed by atoms with Gasteiger partial charge in [-0.1, -0.05) is 61.2 Å². The quantitative estimate of drug-likeness (QED) is 0.0659. The summed E-state index contributed by atoms with van der Waals surface area (Å²) >= 11 is 3.93. The molecule has 2 unspecified atom stereocenters. The number of nitrogens with one attached hydrogen (secondary N) is 2. The maximum atomic E-state index is 14.3. The highest BCUT2D eigenvalue weighted by Gasteiger charge is 2.35. The third-order valence-corrected chi connectivity index (χ3v) is 11.3. The Bertz CT molecular complexity index is 1960. The van der Waals surface area contributed by atoms with Crippen molar-refractivity contribution in [3.63, 3.8) is 0 Å². The number of benzene rings is 4. The second-order valence-corrected chi connectivity index (χ2v) is 15.3. The summed E-state index contributed by atoms with van der Waals surface area (Å²) in [5, 5.41) is 1.03. The number of carbonyl (C=O) groups excluding carboxylic acids is 2. The molecular formula is C40H43N4O4PS3. The van der Waals surface area contributed by atoms with E-state index in [1.54, 1.807) is 14.2 Å². The lowest BCUT2D eigenvalue weighted by atomic mass is 10.0. The van der Waals surface area contributed by atoms with Gasteiger partial charge in [0, 0.05) is 27.6 Å². The van der Waals surface area contributed by atoms with Crippen LogP contribution < -0.4 is 28.1 Å². The van der Waals surface area contributed by atoms with E-state index in [1.165, 1.54) is 35.8 Å². The Labute approximate surface area is 322 Å². The fraction of sp³-hybridized carbons (Fsp3) is 0.200. The number of carbonyl (C=O) groups is 2. The Morgan fingerprint density at radius 1 is 0.962 bits per heavy atom. The van der Waals surface area contributed by atoms with Crippen molar-refractivity contribution in [2.24, 2.45) is 0 Å². The van der Waals surface area contributed by atoms with Gasteiger partial charge >= 0.3 is 0 Å². The average molecular weight is 771 g/mol. The summed E-state index contributed by atoms with van der Waals surface area (Å²) in [6.07, 6.45) is 6.58. The highest BCUT2D eigenvalue weighted by atomic mass is 32.2. The molecule has 1 aliphatic rings. The van der Waals surface area contributed by atoms with E-state index in [9.17, 15) is 9.59 Å². The van der Waals surface area contributed by atoms with E-state index in [0.29, 0.717) is 24.5 Å². The van der Waals surface area contributed by atoms with Crippen LogP contribution in [0.4, 0.5) is 11.4 Å². The number of aryl methyl sites for hydroxylation is 1. The molecule has 0 spiro atoms. The van der Waals surface area contributed by atoms with Crippen LogP contribution in [0.3, 0.4) is 0 Å². The molecule has 5 rings (SSSR count). The minimum Gasteiger partial charge on any atom is -0.497 e. The van der Waals surface area contributed by atoms with E-state index >= 15 is 0 Å². The molecule has 12 heteroatoms. The van der Waals surface area contributed by atoms with Gasteiger partial charge in [-0.15, -0.1) is 9.24 Å². The average Bonchev–Trinajstić information content (AvgIpc) is 3.59. The van der Waals surface area contributed by atoms with Crippen LogP contribution in [-0.4, -0.2) is 39.1 Å². The van der Waals surface area contributed by atoms with Gasteiger partial charge in [0.25, 0.3) is 11.8 Å². The minimum atomic E-state index is -0.665. The lowest BCUT2D eigenvalue weighted by molar-refractivity contribution is -0.120. The van der Waals surface area contributed by atoms with Gasteiger partial charge in [-0.2, -0.15) is 0 Å². The van der Waals surface area contributed by atoms with Crippen molar-refractivity contribution < 1.29 is 19.1 Å². The van der Waals surface area contributed by atoms with Gasteiger partial charge < -0.3 is 18.7 Å². The van der Waals surface area contributed by atoms with Crippen LogP contribution in [0.2, 0.25) is 0 Å². The van der Waals surface area contributed by atoms with Crippen LogP contribution in [0.1, 0.15) is 29.7 Å². The van der Waals surface area contributed by atoms with Crippen molar-refractivity contribution >= 4 is 68.3 Å². The molecule has 0 bridgehead atoms. The topological polar surface area (TPSA) is 83.1 Å². The number of allylic oxidation sites excluding steroid dienone is 4. The van der Waals surface area contributed by atoms with Gasteiger partial charge in [-0.25, -0.2) is 0 Å². The van der Waals surface area contributed by atoms with Crippen LogP contribution in [-0.2, 0) is 16.0 Å². The summed E-state index contributed by atoms with van der Waals surface area (Å²) in [5.41, 5.74) is 4.72. The fourth-order valence-electron chi connectivity index (χ4n) is 5.64. The Morgan fingerprint density at radius 3 is 2.50 bits per heavy atom. The zero-order chi connectivity index (χ0) is 37.0. The Morgan fingerprint density at radius 2 is 1.75 bits per heavy atom. The van der Waals surface area contributed by atoms with E-state index in [-0.39, 0.29) is 18.4 Å². The summed E-state index contributed by atoms with van der Waals surface area (Å²) in [4.78, 5) is 32.4. The van der Waals surface area contributed by atoms with E-state index < -0.39 is 6.04 Å². The first-order valence-electron chi connectivity index (χ1n) is 16.6. The van der Waals surface area contributed by atoms with Gasteiger partial charge in [-0.05, 0) is 127 Å². The number of methoxy groups -OCH3 is 2. The highest BCUT2D eigenvalue weighted by Crippen LogP contribution is 2.43. The first kappa shape index (κ1) is 38.9. The number of hydrogen-bond donors (Lipinski definition) is 2. The van der Waals surface area contributed by atoms with Crippen molar-refractivity contribution in [1.82, 2.24) is 9.44 Å². The standard InChI is InChI=1S/C40H43N4O4PS3/c1-6-31(49)20-19-28(3)52-44(26-38(45)41-50-32-14-8-7-9-15-32)35-17-11-16-34-33(35)22-23-43(34)39(29-12-10-13-30(25-29)47-4)40(46)42-51-37-21-18-27(2)24-36(37)48-5/h6-21,24-25,39H,3,22-23,26,49H2,1-2,4-5H3,(H,41,45)(H,42,46)/b20-19-,31-6+. The maximum absolute atomic E-state index is 14.3. The molecule has 2 amide bonds. The predicted octanol–water partition coefficient (Wildman–Crippen LogP) is 9.07. The third-order valence-electron chi connectivity index (χ3n) is 8.19. The monoisotopic (exact) mass is 770 g/mol. The lowest BCUT2D eigenvalue weighted by Crippen LogP contribution is -2.37. The molecule has 8 nitrogen and oxygen atoms in total. The number of amides is 2. The molecule has 52 heavy (non-hydrogen) atoms. The molecule has 4 aromatic rings. The molecule has 0 radical (unpaired) electrons. The predicted molar refractivity (Wildman–Crippen MR) is 222 cm³/mol. The molecule has 0 saturated carbocycles. The second kappa shape index (κ2) is 19.0. The smallest absolute Gasteiger partial charge is 0.257 e. The SMILES string of the molecule is C=C(/C=C\C(P)=C/C)SN(CC(=O)NSc1ccccc1)c1cccc2c1CCN2C(C(=O)NSc1ccc(C)cc1OC)c1cccc(OC)c1. The van der Waals surface area contributed by atoms with Gasteiger partial charge in [0.15, 0.2) is 0 Å². The molecule has 4 aromatic carbocycles. The molecule has 0 saturated heterocycles. The summed E-state index contributed by atoms with van der Waals surface area (Å²) < 4.78 is 19.2. The molecule has 1 aliphatic heterocycles. The lowest BCUT2D eigenvalue weighted by Gasteiger charge is -2.31. The first-order chi connectivity index (χ1) is 25.2. The van der Waals surface area contributed by atoms with E-state index in [2.05, 4.69) is 30.2 Å². The third kappa shape index (κ3) is 10.2. The second-order valence-electron chi connectivity index (χ2n) is 11.8. The summed E-state index contributed by atoms with van der Waals surface area (Å²) in [7, 11) is 5.94. The summed E-state index contributed by atoms with van der Waals surface area (Å²) in [5.74, 6) is 1.03. The van der Waals surface area contributed by atoms with E-state index in [0.717, 1.165) is 48.1 Å². The van der Waals surface area contributed by atoms with Gasteiger partial charge in [0.1, 0.15) is 24.1 Å². The number of nitrogens with zero attached hydrogens (tertiary/aromatic N) is 2. The van der Waals surface area contributed by atoms with Crippen molar-refractivity contribution in [1.29, 1.82) is 0 Å². The maximum Gasteiger partial charge on any atom is 0.257 e. The number of rotatable bonds is 16. The zero-order valence-electron chi connectivity index (χ0n) is 29.6. The summed E-state index contributed by atoms with van der Waals surface area (Å²) in [6, 6.07) is 28.6. The molecular weight excluding hydrogens is 728 g/mol. The Kier molecular flexibility index (Phi) is 14.2. The first-order valence-corrected chi connectivity index (χ1v) is 19.6. The van der Waals surface area contributed by atoms with Crippen molar-refractivity contribution in [2.75, 3.05) is 36.5 Å². The van der Waals surface area contributed by atoms with Crippen molar-refractivity contribution in [2.45, 2.75) is 36.1 Å². The summed E-state index contributed by atoms with van der Waals surface area (Å²) in [6.45, 7) is 8.93. The van der Waals surface area contributed by atoms with E-state index in [1.807, 2.05) is 127 Å². The molecule has 2 atom stereocenters. The van der Waals surface area contributed by atoms with E-state index in [4.69, 9.17) is 9.47 Å². The number of fused-ring (bicyclic) bond motifs is 1. The molecule has 0 aromatic heterocycles. The van der Waals surface area contributed by atoms with Crippen molar-refractivity contribution in [3.8, 4) is 11.5 Å². The number of anilines is 2. The van der Waals surface area contributed by atoms with Gasteiger partial charge in [0.2, 0.25) is 0 Å². The Balaban J connectivity index is 1.46. The minimum absolute atomic E-state index is 0.0833. The van der Waals surface area contributed by atoms with Crippen LogP contribution >= 0.6 is 45.1 Å². The number of hydrogen-bond acceptors (Lipinski definition) is 9. The molecule has 1 heterocycles. The van der Waals surface area contributed by atoms with Gasteiger partial charge in [-0.3, -0.25) is 19.0 Å². The van der Waals surface area contributed by atoms with Crippen LogP contribution in [0, 0.1) is 6.92 Å². The van der Waals surface area contributed by atoms with Crippen LogP contribution in [0.15, 0.2) is 136 Å². The zero-order valence-corrected chi connectivity index (χ0v) is 33.2. The molecule has 0 fully saturated rings. The molecule has 2 N–H and O–H groups in total. The van der Waals surface area contributed by atoms with Crippen LogP contribution in [0.5, 0.6) is 11.5 Å². The largest absolute Gasteiger partial charge is 0.497 e. The van der Waals surface area contributed by atoms with Crippen molar-refractivity contribution in [3.05, 3.63) is 143 Å². The van der Waals surface area contributed by atoms with Gasteiger partial charge in [0.05, 0.1) is 24.8 Å². The fourth-order valence-corrected chi connectivity index (χ4v) is 7.89. The normalized spacial score (nSPS) is 13.0. The van der Waals surface area contributed by atoms with Crippen LogP contribution in [0.25, 0.3) is 0 Å². The molecule has 0 aliphatic carbocycles. The highest BCUT2D eigenvalue weighted by molar-refractivity contribution is 8.04. The number of ether oxygens (including phenoxy) is 2.